The molecule has 5 heteroatoms. The Balaban J connectivity index is 1.86. The SMILES string of the molecule is O=C(O)c1cccc(F)c1NCCCN1CCCC1. The van der Waals surface area contributed by atoms with Crippen molar-refractivity contribution in [3.63, 3.8) is 0 Å². The van der Waals surface area contributed by atoms with Crippen molar-refractivity contribution in [3.05, 3.63) is 29.6 Å². The normalized spacial score (nSPS) is 15.6. The van der Waals surface area contributed by atoms with E-state index in [1.165, 1.54) is 31.0 Å². The van der Waals surface area contributed by atoms with Crippen LogP contribution in [0.1, 0.15) is 29.6 Å². The molecule has 0 unspecified atom stereocenters. The Morgan fingerprint density at radius 2 is 2.11 bits per heavy atom. The summed E-state index contributed by atoms with van der Waals surface area (Å²) in [6.45, 7) is 3.84. The summed E-state index contributed by atoms with van der Waals surface area (Å²) < 4.78 is 13.6. The lowest BCUT2D eigenvalue weighted by molar-refractivity contribution is 0.0697. The number of halogens is 1. The smallest absolute Gasteiger partial charge is 0.337 e. The summed E-state index contributed by atoms with van der Waals surface area (Å²) in [6.07, 6.45) is 3.39. The van der Waals surface area contributed by atoms with Gasteiger partial charge in [0, 0.05) is 6.54 Å². The lowest BCUT2D eigenvalue weighted by Crippen LogP contribution is -2.22. The molecule has 104 valence electrons. The highest BCUT2D eigenvalue weighted by Gasteiger charge is 2.14. The molecule has 2 rings (SSSR count). The number of para-hydroxylation sites is 1. The summed E-state index contributed by atoms with van der Waals surface area (Å²) in [4.78, 5) is 13.4. The minimum Gasteiger partial charge on any atom is -0.478 e. The van der Waals surface area contributed by atoms with Crippen LogP contribution in [0.15, 0.2) is 18.2 Å². The second-order valence-electron chi connectivity index (χ2n) is 4.80. The van der Waals surface area contributed by atoms with Crippen LogP contribution in [-0.4, -0.2) is 42.2 Å². The fourth-order valence-electron chi connectivity index (χ4n) is 2.40. The monoisotopic (exact) mass is 266 g/mol. The van der Waals surface area contributed by atoms with Gasteiger partial charge in [0.15, 0.2) is 0 Å². The molecular weight excluding hydrogens is 247 g/mol. The average molecular weight is 266 g/mol. The largest absolute Gasteiger partial charge is 0.478 e. The molecule has 0 radical (unpaired) electrons. The van der Waals surface area contributed by atoms with Crippen molar-refractivity contribution in [1.29, 1.82) is 0 Å². The van der Waals surface area contributed by atoms with Crippen molar-refractivity contribution in [2.24, 2.45) is 0 Å². The number of benzene rings is 1. The number of hydrogen-bond donors (Lipinski definition) is 2. The minimum absolute atomic E-state index is 0.0128. The Kier molecular flexibility index (Phi) is 4.74. The third-order valence-electron chi connectivity index (χ3n) is 3.40. The highest BCUT2D eigenvalue weighted by atomic mass is 19.1. The molecule has 1 heterocycles. The second kappa shape index (κ2) is 6.52. The number of nitrogens with one attached hydrogen (secondary N) is 1. The molecule has 2 N–H and O–H groups in total. The predicted octanol–water partition coefficient (Wildman–Crippen LogP) is 2.42. The van der Waals surface area contributed by atoms with Crippen molar-refractivity contribution in [2.75, 3.05) is 31.5 Å². The first-order valence-electron chi connectivity index (χ1n) is 6.66. The molecular formula is C14H19FN2O2. The van der Waals surface area contributed by atoms with E-state index in [-0.39, 0.29) is 11.3 Å². The molecule has 0 saturated carbocycles. The van der Waals surface area contributed by atoms with Crippen LogP contribution >= 0.6 is 0 Å². The first-order valence-corrected chi connectivity index (χ1v) is 6.66. The topological polar surface area (TPSA) is 52.6 Å². The zero-order valence-electron chi connectivity index (χ0n) is 10.9. The van der Waals surface area contributed by atoms with Crippen LogP contribution in [0.5, 0.6) is 0 Å². The molecule has 0 spiro atoms. The Hall–Kier alpha value is -1.62. The van der Waals surface area contributed by atoms with E-state index in [1.807, 2.05) is 0 Å². The summed E-state index contributed by atoms with van der Waals surface area (Å²) in [5.74, 6) is -1.62. The van der Waals surface area contributed by atoms with Crippen molar-refractivity contribution < 1.29 is 14.3 Å². The molecule has 0 bridgehead atoms. The molecule has 1 aliphatic heterocycles. The summed E-state index contributed by atoms with van der Waals surface area (Å²) in [6, 6.07) is 4.09. The van der Waals surface area contributed by atoms with Gasteiger partial charge in [-0.1, -0.05) is 6.07 Å². The number of carbonyl (C=O) groups is 1. The maximum atomic E-state index is 13.6. The van der Waals surface area contributed by atoms with Gasteiger partial charge in [-0.05, 0) is 51.0 Å². The quantitative estimate of drug-likeness (QED) is 0.776. The number of carboxylic acids is 1. The zero-order chi connectivity index (χ0) is 13.7. The Labute approximate surface area is 112 Å². The standard InChI is InChI=1S/C14H19FN2O2/c15-12-6-3-5-11(14(18)19)13(12)16-7-4-10-17-8-1-2-9-17/h3,5-6,16H,1-2,4,7-10H2,(H,18,19). The molecule has 1 aromatic rings. The number of likely N-dealkylation sites (tertiary alicyclic amines) is 1. The first-order chi connectivity index (χ1) is 9.18. The van der Waals surface area contributed by atoms with Gasteiger partial charge in [0.25, 0.3) is 0 Å². The number of hydrogen-bond acceptors (Lipinski definition) is 3. The molecule has 1 saturated heterocycles. The van der Waals surface area contributed by atoms with Crippen LogP contribution in [0, 0.1) is 5.82 Å². The predicted molar refractivity (Wildman–Crippen MR) is 72.1 cm³/mol. The molecule has 1 aromatic carbocycles. The third kappa shape index (κ3) is 3.67. The van der Waals surface area contributed by atoms with Crippen LogP contribution in [0.3, 0.4) is 0 Å². The second-order valence-corrected chi connectivity index (χ2v) is 4.80. The van der Waals surface area contributed by atoms with E-state index in [2.05, 4.69) is 10.2 Å². The van der Waals surface area contributed by atoms with Gasteiger partial charge in [-0.3, -0.25) is 0 Å². The maximum Gasteiger partial charge on any atom is 0.337 e. The van der Waals surface area contributed by atoms with E-state index in [4.69, 9.17) is 5.11 Å². The van der Waals surface area contributed by atoms with Gasteiger partial charge in [0.05, 0.1) is 11.3 Å². The molecule has 1 aliphatic rings. The minimum atomic E-state index is -1.11. The first kappa shape index (κ1) is 13.8. The molecule has 19 heavy (non-hydrogen) atoms. The summed E-state index contributed by atoms with van der Waals surface area (Å²) >= 11 is 0. The van der Waals surface area contributed by atoms with E-state index in [0.29, 0.717) is 6.54 Å². The molecule has 1 fully saturated rings. The highest BCUT2D eigenvalue weighted by molar-refractivity contribution is 5.94. The Bertz CT molecular complexity index is 445. The van der Waals surface area contributed by atoms with Gasteiger partial charge in [-0.2, -0.15) is 0 Å². The van der Waals surface area contributed by atoms with E-state index in [9.17, 15) is 9.18 Å². The number of anilines is 1. The highest BCUT2D eigenvalue weighted by Crippen LogP contribution is 2.19. The van der Waals surface area contributed by atoms with Gasteiger partial charge in [-0.25, -0.2) is 9.18 Å². The number of carboxylic acid groups (broad SMARTS) is 1. The van der Waals surface area contributed by atoms with Crippen LogP contribution in [-0.2, 0) is 0 Å². The molecule has 0 amide bonds. The van der Waals surface area contributed by atoms with E-state index < -0.39 is 11.8 Å². The summed E-state index contributed by atoms with van der Waals surface area (Å²) in [5.41, 5.74) is 0.0811. The van der Waals surface area contributed by atoms with E-state index >= 15 is 0 Å². The summed E-state index contributed by atoms with van der Waals surface area (Å²) in [7, 11) is 0. The lowest BCUT2D eigenvalue weighted by Gasteiger charge is -2.15. The van der Waals surface area contributed by atoms with Crippen molar-refractivity contribution in [1.82, 2.24) is 4.90 Å². The van der Waals surface area contributed by atoms with E-state index in [1.54, 1.807) is 0 Å². The van der Waals surface area contributed by atoms with Crippen LogP contribution in [0.2, 0.25) is 0 Å². The van der Waals surface area contributed by atoms with Gasteiger partial charge in [0.1, 0.15) is 5.82 Å². The van der Waals surface area contributed by atoms with Gasteiger partial charge in [0.2, 0.25) is 0 Å². The van der Waals surface area contributed by atoms with Gasteiger partial charge >= 0.3 is 5.97 Å². The van der Waals surface area contributed by atoms with E-state index in [0.717, 1.165) is 26.1 Å². The number of nitrogens with zero attached hydrogens (tertiary/aromatic N) is 1. The number of rotatable bonds is 6. The number of aromatic carboxylic acids is 1. The molecule has 4 nitrogen and oxygen atoms in total. The van der Waals surface area contributed by atoms with Gasteiger partial charge < -0.3 is 15.3 Å². The van der Waals surface area contributed by atoms with Crippen LogP contribution < -0.4 is 5.32 Å². The summed E-state index contributed by atoms with van der Waals surface area (Å²) in [5, 5.41) is 11.9. The molecule has 0 aliphatic carbocycles. The van der Waals surface area contributed by atoms with Gasteiger partial charge in [-0.15, -0.1) is 0 Å². The fourth-order valence-corrected chi connectivity index (χ4v) is 2.40. The van der Waals surface area contributed by atoms with Crippen molar-refractivity contribution in [2.45, 2.75) is 19.3 Å². The average Bonchev–Trinajstić information content (AvgIpc) is 2.88. The Morgan fingerprint density at radius 3 is 2.79 bits per heavy atom. The van der Waals surface area contributed by atoms with Crippen LogP contribution in [0.25, 0.3) is 0 Å². The van der Waals surface area contributed by atoms with Crippen molar-refractivity contribution in [3.8, 4) is 0 Å². The molecule has 0 atom stereocenters. The zero-order valence-corrected chi connectivity index (χ0v) is 10.9. The molecule has 0 aromatic heterocycles. The Morgan fingerprint density at radius 1 is 1.37 bits per heavy atom. The lowest BCUT2D eigenvalue weighted by atomic mass is 10.1. The third-order valence-corrected chi connectivity index (χ3v) is 3.40. The van der Waals surface area contributed by atoms with Crippen molar-refractivity contribution >= 4 is 11.7 Å². The fraction of sp³-hybridized carbons (Fsp3) is 0.500. The van der Waals surface area contributed by atoms with Crippen LogP contribution in [0.4, 0.5) is 10.1 Å². The maximum absolute atomic E-state index is 13.6.